The lowest BCUT2D eigenvalue weighted by molar-refractivity contribution is 0.581. The molecule has 116 valence electrons. The molecular formula is C15H12N4OS3. The first kappa shape index (κ1) is 14.7. The standard InChI is InChI=1S/C15H12N4OS3/c1-4-12(20-5-1)14-16-10(8-22-14)9-23-15-17-13(18-19-15)7-11-3-2-6-21-11/h1-6,8H,7,9H2,(H,17,18,19). The van der Waals surface area contributed by atoms with Crippen LogP contribution >= 0.6 is 34.4 Å². The van der Waals surface area contributed by atoms with Crippen molar-refractivity contribution in [2.24, 2.45) is 0 Å². The van der Waals surface area contributed by atoms with Gasteiger partial charge in [0.2, 0.25) is 5.16 Å². The first-order valence-corrected chi connectivity index (χ1v) is 9.66. The van der Waals surface area contributed by atoms with Gasteiger partial charge in [0.25, 0.3) is 0 Å². The molecule has 4 aromatic rings. The van der Waals surface area contributed by atoms with Gasteiger partial charge in [0.1, 0.15) is 5.82 Å². The normalized spacial score (nSPS) is 11.1. The minimum atomic E-state index is 0.744. The van der Waals surface area contributed by atoms with Crippen LogP contribution in [0.2, 0.25) is 0 Å². The van der Waals surface area contributed by atoms with E-state index >= 15 is 0 Å². The third-order valence-electron chi connectivity index (χ3n) is 3.07. The minimum absolute atomic E-state index is 0.744. The van der Waals surface area contributed by atoms with E-state index < -0.39 is 0 Å². The van der Waals surface area contributed by atoms with Crippen molar-refractivity contribution in [1.82, 2.24) is 20.2 Å². The average molecular weight is 360 g/mol. The minimum Gasteiger partial charge on any atom is -0.462 e. The summed E-state index contributed by atoms with van der Waals surface area (Å²) in [4.78, 5) is 10.4. The summed E-state index contributed by atoms with van der Waals surface area (Å²) in [6.07, 6.45) is 2.46. The molecule has 4 heterocycles. The summed E-state index contributed by atoms with van der Waals surface area (Å²) in [5.74, 6) is 2.44. The number of H-pyrrole nitrogens is 1. The Labute approximate surface area is 144 Å². The fourth-order valence-corrected chi connectivity index (χ4v) is 4.34. The van der Waals surface area contributed by atoms with Gasteiger partial charge in [-0.3, -0.25) is 5.10 Å². The van der Waals surface area contributed by atoms with Crippen LogP contribution in [0.5, 0.6) is 0 Å². The number of hydrogen-bond donors (Lipinski definition) is 1. The first-order chi connectivity index (χ1) is 11.4. The summed E-state index contributed by atoms with van der Waals surface area (Å²) < 4.78 is 5.36. The molecule has 1 N–H and O–H groups in total. The number of nitrogens with zero attached hydrogens (tertiary/aromatic N) is 3. The first-order valence-electron chi connectivity index (χ1n) is 6.91. The molecule has 0 aliphatic carbocycles. The molecule has 0 saturated carbocycles. The summed E-state index contributed by atoms with van der Waals surface area (Å²) in [5.41, 5.74) is 1.01. The van der Waals surface area contributed by atoms with E-state index in [-0.39, 0.29) is 0 Å². The number of furan rings is 1. The van der Waals surface area contributed by atoms with Crippen molar-refractivity contribution in [3.8, 4) is 10.8 Å². The van der Waals surface area contributed by atoms with Gasteiger partial charge in [-0.15, -0.1) is 27.8 Å². The van der Waals surface area contributed by atoms with Crippen LogP contribution in [0.4, 0.5) is 0 Å². The maximum absolute atomic E-state index is 5.36. The highest BCUT2D eigenvalue weighted by Crippen LogP contribution is 2.27. The highest BCUT2D eigenvalue weighted by molar-refractivity contribution is 7.98. The second-order valence-electron chi connectivity index (χ2n) is 4.73. The van der Waals surface area contributed by atoms with Gasteiger partial charge >= 0.3 is 0 Å². The molecule has 0 spiro atoms. The van der Waals surface area contributed by atoms with E-state index in [1.807, 2.05) is 23.6 Å². The Hall–Kier alpha value is -1.90. The molecule has 0 aliphatic rings. The van der Waals surface area contributed by atoms with Crippen molar-refractivity contribution < 1.29 is 4.42 Å². The van der Waals surface area contributed by atoms with Crippen LogP contribution in [0.3, 0.4) is 0 Å². The van der Waals surface area contributed by atoms with Crippen molar-refractivity contribution in [2.75, 3.05) is 0 Å². The highest BCUT2D eigenvalue weighted by atomic mass is 32.2. The lowest BCUT2D eigenvalue weighted by atomic mass is 10.3. The second kappa shape index (κ2) is 6.69. The molecule has 4 rings (SSSR count). The van der Waals surface area contributed by atoms with E-state index in [0.29, 0.717) is 0 Å². The van der Waals surface area contributed by atoms with Crippen LogP contribution in [-0.2, 0) is 12.2 Å². The lowest BCUT2D eigenvalue weighted by Gasteiger charge is -1.92. The third kappa shape index (κ3) is 3.54. The molecule has 0 unspecified atom stereocenters. The molecule has 0 aromatic carbocycles. The van der Waals surface area contributed by atoms with Gasteiger partial charge in [-0.25, -0.2) is 9.97 Å². The summed E-state index contributed by atoms with van der Waals surface area (Å²) in [5, 5.41) is 13.0. The summed E-state index contributed by atoms with van der Waals surface area (Å²) in [7, 11) is 0. The van der Waals surface area contributed by atoms with Gasteiger partial charge in [-0.2, -0.15) is 0 Å². The van der Waals surface area contributed by atoms with E-state index in [4.69, 9.17) is 4.42 Å². The molecule has 0 amide bonds. The van der Waals surface area contributed by atoms with E-state index in [9.17, 15) is 0 Å². The van der Waals surface area contributed by atoms with Gasteiger partial charge in [0.15, 0.2) is 10.8 Å². The molecule has 0 radical (unpaired) electrons. The molecule has 0 atom stereocenters. The largest absolute Gasteiger partial charge is 0.462 e. The van der Waals surface area contributed by atoms with Crippen LogP contribution in [0, 0.1) is 0 Å². The zero-order chi connectivity index (χ0) is 15.5. The van der Waals surface area contributed by atoms with Gasteiger partial charge in [-0.1, -0.05) is 17.8 Å². The van der Waals surface area contributed by atoms with Crippen molar-refractivity contribution in [1.29, 1.82) is 0 Å². The molecule has 5 nitrogen and oxygen atoms in total. The fraction of sp³-hybridized carbons (Fsp3) is 0.133. The molecule has 0 aliphatic heterocycles. The Bertz CT molecular complexity index is 864. The molecule has 4 aromatic heterocycles. The van der Waals surface area contributed by atoms with Crippen molar-refractivity contribution in [2.45, 2.75) is 17.3 Å². The van der Waals surface area contributed by atoms with Crippen LogP contribution in [0.15, 0.2) is 50.9 Å². The number of thioether (sulfide) groups is 1. The van der Waals surface area contributed by atoms with Gasteiger partial charge in [-0.05, 0) is 23.6 Å². The number of hydrogen-bond acceptors (Lipinski definition) is 7. The Morgan fingerprint density at radius 2 is 2.17 bits per heavy atom. The number of aromatic amines is 1. The van der Waals surface area contributed by atoms with Crippen molar-refractivity contribution >= 4 is 34.4 Å². The van der Waals surface area contributed by atoms with Crippen molar-refractivity contribution in [3.05, 3.63) is 57.7 Å². The van der Waals surface area contributed by atoms with Crippen molar-refractivity contribution in [3.63, 3.8) is 0 Å². The van der Waals surface area contributed by atoms with Gasteiger partial charge in [0, 0.05) is 22.4 Å². The van der Waals surface area contributed by atoms with E-state index in [1.165, 1.54) is 4.88 Å². The number of thiophene rings is 1. The number of rotatable bonds is 6. The van der Waals surface area contributed by atoms with Gasteiger partial charge in [0.05, 0.1) is 12.0 Å². The predicted octanol–water partition coefficient (Wildman–Crippen LogP) is 4.47. The lowest BCUT2D eigenvalue weighted by Crippen LogP contribution is -1.87. The van der Waals surface area contributed by atoms with E-state index in [0.717, 1.165) is 39.6 Å². The molecule has 0 fully saturated rings. The molecular weight excluding hydrogens is 348 g/mol. The molecule has 23 heavy (non-hydrogen) atoms. The highest BCUT2D eigenvalue weighted by Gasteiger charge is 2.10. The number of thiazole rings is 1. The zero-order valence-electron chi connectivity index (χ0n) is 11.9. The molecule has 8 heteroatoms. The molecule has 0 saturated heterocycles. The number of aromatic nitrogens is 4. The second-order valence-corrected chi connectivity index (χ2v) is 7.56. The Balaban J connectivity index is 1.37. The zero-order valence-corrected chi connectivity index (χ0v) is 14.4. The monoisotopic (exact) mass is 360 g/mol. The SMILES string of the molecule is c1coc(-c2nc(CSc3n[nH]c(Cc4cccs4)n3)cs2)c1. The topological polar surface area (TPSA) is 67.6 Å². The van der Waals surface area contributed by atoms with Crippen LogP contribution < -0.4 is 0 Å². The summed E-state index contributed by atoms with van der Waals surface area (Å²) in [6.45, 7) is 0. The Kier molecular flexibility index (Phi) is 4.27. The third-order valence-corrected chi connectivity index (χ3v) is 5.73. The van der Waals surface area contributed by atoms with Gasteiger partial charge < -0.3 is 4.42 Å². The Morgan fingerprint density at radius 3 is 3.00 bits per heavy atom. The smallest absolute Gasteiger partial charge is 0.208 e. The van der Waals surface area contributed by atoms with Crippen LogP contribution in [0.25, 0.3) is 10.8 Å². The van der Waals surface area contributed by atoms with Crippen LogP contribution in [0.1, 0.15) is 16.4 Å². The van der Waals surface area contributed by atoms with E-state index in [2.05, 4.69) is 31.6 Å². The Morgan fingerprint density at radius 1 is 1.17 bits per heavy atom. The summed E-state index contributed by atoms with van der Waals surface area (Å²) >= 11 is 4.89. The van der Waals surface area contributed by atoms with Crippen LogP contribution in [-0.4, -0.2) is 20.2 Å². The van der Waals surface area contributed by atoms with E-state index in [1.54, 1.807) is 40.7 Å². The maximum atomic E-state index is 5.36. The number of nitrogens with one attached hydrogen (secondary N) is 1. The summed E-state index contributed by atoms with van der Waals surface area (Å²) in [6, 6.07) is 7.94. The molecule has 0 bridgehead atoms. The fourth-order valence-electron chi connectivity index (χ4n) is 2.02. The quantitative estimate of drug-likeness (QED) is 0.514. The average Bonchev–Trinajstić information content (AvgIpc) is 3.33. The predicted molar refractivity (Wildman–Crippen MR) is 92.9 cm³/mol. The maximum Gasteiger partial charge on any atom is 0.208 e.